The van der Waals surface area contributed by atoms with Crippen molar-refractivity contribution in [3.8, 4) is 22.8 Å². The zero-order chi connectivity index (χ0) is 27.9. The van der Waals surface area contributed by atoms with E-state index in [-0.39, 0.29) is 17.8 Å². The van der Waals surface area contributed by atoms with Crippen molar-refractivity contribution in [1.82, 2.24) is 29.8 Å². The lowest BCUT2D eigenvalue weighted by Gasteiger charge is -2.15. The zero-order valence-electron chi connectivity index (χ0n) is 22.1. The molecule has 1 aliphatic rings. The van der Waals surface area contributed by atoms with Crippen molar-refractivity contribution in [1.29, 1.82) is 0 Å². The van der Waals surface area contributed by atoms with Gasteiger partial charge in [-0.3, -0.25) is 10.3 Å². The van der Waals surface area contributed by atoms with Gasteiger partial charge in [0.05, 0.1) is 11.4 Å². The highest BCUT2D eigenvalue weighted by Crippen LogP contribution is 2.34. The second kappa shape index (κ2) is 10.4. The van der Waals surface area contributed by atoms with Crippen LogP contribution in [-0.2, 0) is 19.3 Å². The summed E-state index contributed by atoms with van der Waals surface area (Å²) in [6.07, 6.45) is -2.61. The summed E-state index contributed by atoms with van der Waals surface area (Å²) in [5, 5.41) is 16.8. The first-order valence-electron chi connectivity index (χ1n) is 12.8. The van der Waals surface area contributed by atoms with E-state index in [2.05, 4.69) is 39.4 Å². The summed E-state index contributed by atoms with van der Waals surface area (Å²) in [6.45, 7) is 8.57. The lowest BCUT2D eigenvalue weighted by molar-refractivity contribution is -0.140. The molecule has 0 saturated heterocycles. The molecule has 0 amide bonds. The first-order chi connectivity index (χ1) is 18.5. The molecule has 1 atom stereocenters. The normalized spacial score (nSPS) is 15.3. The highest BCUT2D eigenvalue weighted by Gasteiger charge is 2.35. The molecule has 204 valence electrons. The highest BCUT2D eigenvalue weighted by atomic mass is 19.4. The molecular weight excluding hydrogens is 507 g/mol. The van der Waals surface area contributed by atoms with Crippen LogP contribution in [0.3, 0.4) is 0 Å². The molecule has 4 heterocycles. The van der Waals surface area contributed by atoms with E-state index in [9.17, 15) is 18.3 Å². The largest absolute Gasteiger partial charge is 0.434 e. The minimum atomic E-state index is -4.51. The number of hydrogen-bond donors (Lipinski definition) is 3. The Bertz CT molecular complexity index is 1480. The Hall–Kier alpha value is -3.83. The fourth-order valence-electron chi connectivity index (χ4n) is 4.63. The number of aliphatic hydroxyl groups excluding tert-OH is 1. The molecule has 0 saturated carbocycles. The van der Waals surface area contributed by atoms with Gasteiger partial charge in [-0.05, 0) is 37.5 Å². The molecule has 1 unspecified atom stereocenters. The van der Waals surface area contributed by atoms with Crippen molar-refractivity contribution in [2.24, 2.45) is 0 Å². The van der Waals surface area contributed by atoms with Crippen LogP contribution < -0.4 is 10.6 Å². The molecular formula is C28H30F3N7O. The number of fused-ring (bicyclic) bond motifs is 1. The Kier molecular flexibility index (Phi) is 7.13. The fourth-order valence-corrected chi connectivity index (χ4v) is 4.63. The van der Waals surface area contributed by atoms with Crippen LogP contribution in [0.15, 0.2) is 48.8 Å². The Morgan fingerprint density at radius 2 is 1.82 bits per heavy atom. The number of pyridine rings is 1. The van der Waals surface area contributed by atoms with Crippen LogP contribution in [0, 0.1) is 0 Å². The number of imidazole rings is 1. The minimum Gasteiger partial charge on any atom is -0.373 e. The first kappa shape index (κ1) is 26.8. The molecule has 0 aliphatic carbocycles. The average Bonchev–Trinajstić information content (AvgIpc) is 3.52. The third-order valence-electron chi connectivity index (χ3n) is 6.65. The number of anilines is 1. The van der Waals surface area contributed by atoms with E-state index in [0.717, 1.165) is 28.6 Å². The number of alkyl halides is 3. The van der Waals surface area contributed by atoms with Gasteiger partial charge in [-0.1, -0.05) is 38.1 Å². The SMILES string of the molecule is CC(C)c1ncccc1-c1nc(NCc2ccc(-c3nc(C(F)(F)F)cn3C(C)C)cc2)c2c(n1)C(O)NC2. The Morgan fingerprint density at radius 1 is 1.08 bits per heavy atom. The number of aromatic nitrogens is 5. The highest BCUT2D eigenvalue weighted by molar-refractivity contribution is 5.64. The monoisotopic (exact) mass is 537 g/mol. The van der Waals surface area contributed by atoms with Crippen LogP contribution in [-0.4, -0.2) is 29.6 Å². The molecule has 5 rings (SSSR count). The van der Waals surface area contributed by atoms with Crippen molar-refractivity contribution >= 4 is 5.82 Å². The van der Waals surface area contributed by atoms with E-state index >= 15 is 0 Å². The van der Waals surface area contributed by atoms with E-state index in [1.807, 2.05) is 38.1 Å². The van der Waals surface area contributed by atoms with Gasteiger partial charge in [-0.2, -0.15) is 13.2 Å². The van der Waals surface area contributed by atoms with Crippen LogP contribution in [0.2, 0.25) is 0 Å². The van der Waals surface area contributed by atoms with Gasteiger partial charge in [0.25, 0.3) is 0 Å². The van der Waals surface area contributed by atoms with E-state index in [4.69, 9.17) is 4.98 Å². The van der Waals surface area contributed by atoms with Crippen molar-refractivity contribution < 1.29 is 18.3 Å². The van der Waals surface area contributed by atoms with Crippen molar-refractivity contribution in [2.45, 2.75) is 65.1 Å². The topological polar surface area (TPSA) is 101 Å². The first-order valence-corrected chi connectivity index (χ1v) is 12.8. The van der Waals surface area contributed by atoms with E-state index in [1.165, 1.54) is 4.57 Å². The number of aliphatic hydroxyl groups is 1. The van der Waals surface area contributed by atoms with Crippen molar-refractivity contribution in [2.75, 3.05) is 5.32 Å². The molecule has 1 aromatic carbocycles. The molecule has 0 bridgehead atoms. The van der Waals surface area contributed by atoms with E-state index < -0.39 is 18.1 Å². The Morgan fingerprint density at radius 3 is 2.49 bits per heavy atom. The van der Waals surface area contributed by atoms with Crippen LogP contribution in [0.5, 0.6) is 0 Å². The number of nitrogens with zero attached hydrogens (tertiary/aromatic N) is 5. The maximum Gasteiger partial charge on any atom is 0.434 e. The summed E-state index contributed by atoms with van der Waals surface area (Å²) >= 11 is 0. The molecule has 0 spiro atoms. The van der Waals surface area contributed by atoms with Crippen LogP contribution in [0.1, 0.15) is 74.1 Å². The smallest absolute Gasteiger partial charge is 0.373 e. The summed E-state index contributed by atoms with van der Waals surface area (Å²) in [5.41, 5.74) is 3.58. The zero-order valence-corrected chi connectivity index (χ0v) is 22.1. The third kappa shape index (κ3) is 5.37. The number of nitrogens with one attached hydrogen (secondary N) is 2. The molecule has 11 heteroatoms. The molecule has 3 N–H and O–H groups in total. The number of benzene rings is 1. The predicted molar refractivity (Wildman–Crippen MR) is 142 cm³/mol. The lowest BCUT2D eigenvalue weighted by atomic mass is 10.0. The maximum atomic E-state index is 13.3. The van der Waals surface area contributed by atoms with Gasteiger partial charge in [0.2, 0.25) is 0 Å². The quantitative estimate of drug-likeness (QED) is 0.273. The summed E-state index contributed by atoms with van der Waals surface area (Å²) in [7, 11) is 0. The summed E-state index contributed by atoms with van der Waals surface area (Å²) < 4.78 is 41.4. The summed E-state index contributed by atoms with van der Waals surface area (Å²) in [6, 6.07) is 10.8. The van der Waals surface area contributed by atoms with Gasteiger partial charge in [-0.15, -0.1) is 0 Å². The van der Waals surface area contributed by atoms with Crippen molar-refractivity contribution in [3.63, 3.8) is 0 Å². The number of halogens is 3. The predicted octanol–water partition coefficient (Wildman–Crippen LogP) is 5.83. The Labute approximate surface area is 224 Å². The third-order valence-corrected chi connectivity index (χ3v) is 6.65. The van der Waals surface area contributed by atoms with Crippen LogP contribution in [0.25, 0.3) is 22.8 Å². The van der Waals surface area contributed by atoms with E-state index in [0.29, 0.717) is 36.0 Å². The summed E-state index contributed by atoms with van der Waals surface area (Å²) in [5.74, 6) is 1.51. The standard InChI is InChI=1S/C28H30F3N7O/c1-15(2)22-19(6-5-11-32-22)25-36-23-20(13-34-27(23)39)24(37-25)33-12-17-7-9-18(10-8-17)26-35-21(28(29,30)31)14-38(26)16(3)4/h5-11,14-16,27,34,39H,12-13H2,1-4H3,(H,33,36,37). The maximum absolute atomic E-state index is 13.3. The fraction of sp³-hybridized carbons (Fsp3) is 0.357. The van der Waals surface area contributed by atoms with Gasteiger partial charge in [0.15, 0.2) is 11.5 Å². The average molecular weight is 538 g/mol. The Balaban J connectivity index is 1.42. The van der Waals surface area contributed by atoms with Crippen LogP contribution >= 0.6 is 0 Å². The van der Waals surface area contributed by atoms with Gasteiger partial charge >= 0.3 is 6.18 Å². The molecule has 1 aliphatic heterocycles. The van der Waals surface area contributed by atoms with Gasteiger partial charge in [0, 0.05) is 48.2 Å². The van der Waals surface area contributed by atoms with E-state index in [1.54, 1.807) is 18.3 Å². The molecule has 0 fully saturated rings. The second-order valence-electron chi connectivity index (χ2n) is 10.1. The number of rotatable bonds is 7. The molecule has 4 aromatic rings. The number of hydrogen-bond acceptors (Lipinski definition) is 7. The molecule has 0 radical (unpaired) electrons. The lowest BCUT2D eigenvalue weighted by Crippen LogP contribution is -2.11. The van der Waals surface area contributed by atoms with Crippen molar-refractivity contribution in [3.05, 3.63) is 77.0 Å². The molecule has 3 aromatic heterocycles. The molecule has 39 heavy (non-hydrogen) atoms. The van der Waals surface area contributed by atoms with Gasteiger partial charge in [0.1, 0.15) is 17.9 Å². The van der Waals surface area contributed by atoms with Crippen LogP contribution in [0.4, 0.5) is 19.0 Å². The van der Waals surface area contributed by atoms with Gasteiger partial charge < -0.3 is 15.0 Å². The second-order valence-corrected chi connectivity index (χ2v) is 10.1. The summed E-state index contributed by atoms with van der Waals surface area (Å²) in [4.78, 5) is 17.8. The molecule has 8 nitrogen and oxygen atoms in total. The van der Waals surface area contributed by atoms with Gasteiger partial charge in [-0.25, -0.2) is 15.0 Å². The minimum absolute atomic E-state index is 0.162.